The van der Waals surface area contributed by atoms with Gasteiger partial charge in [0.15, 0.2) is 0 Å². The summed E-state index contributed by atoms with van der Waals surface area (Å²) in [5.41, 5.74) is 12.7. The highest BCUT2D eigenvalue weighted by molar-refractivity contribution is 5.87. The number of nitrogen functional groups attached to an aromatic ring is 1. The molecular formula is C24H22N4. The van der Waals surface area contributed by atoms with Gasteiger partial charge in [-0.15, -0.1) is 0 Å². The Labute approximate surface area is 164 Å². The first-order chi connectivity index (χ1) is 13.7. The van der Waals surface area contributed by atoms with Crippen LogP contribution in [-0.4, -0.2) is 9.55 Å². The maximum atomic E-state index is 9.34. The summed E-state index contributed by atoms with van der Waals surface area (Å²) in [6.45, 7) is 2.91. The Morgan fingerprint density at radius 2 is 1.79 bits per heavy atom. The summed E-state index contributed by atoms with van der Waals surface area (Å²) >= 11 is 0. The molecule has 28 heavy (non-hydrogen) atoms. The topological polar surface area (TPSA) is 67.6 Å². The summed E-state index contributed by atoms with van der Waals surface area (Å²) in [4.78, 5) is 4.79. The van der Waals surface area contributed by atoms with Crippen LogP contribution in [-0.2, 0) is 13.0 Å². The Morgan fingerprint density at radius 1 is 1.00 bits per heavy atom. The number of hydrogen-bond acceptors (Lipinski definition) is 3. The summed E-state index contributed by atoms with van der Waals surface area (Å²) in [5, 5.41) is 9.34. The molecule has 0 saturated carbocycles. The second-order valence-electron chi connectivity index (χ2n) is 6.93. The number of nitrogens with zero attached hydrogens (tertiary/aromatic N) is 3. The molecule has 4 rings (SSSR count). The van der Waals surface area contributed by atoms with Crippen LogP contribution in [0.4, 0.5) is 5.69 Å². The quantitative estimate of drug-likeness (QED) is 0.496. The zero-order valence-corrected chi connectivity index (χ0v) is 15.9. The first-order valence-electron chi connectivity index (χ1n) is 9.53. The number of aryl methyl sites for hydroxylation is 1. The van der Waals surface area contributed by atoms with Gasteiger partial charge in [0.1, 0.15) is 11.3 Å². The smallest absolute Gasteiger partial charge is 0.112 e. The van der Waals surface area contributed by atoms with Gasteiger partial charge < -0.3 is 10.3 Å². The van der Waals surface area contributed by atoms with Crippen molar-refractivity contribution in [3.05, 3.63) is 83.7 Å². The van der Waals surface area contributed by atoms with Crippen LogP contribution in [0.25, 0.3) is 22.2 Å². The van der Waals surface area contributed by atoms with Gasteiger partial charge in [-0.25, -0.2) is 4.98 Å². The number of nitriles is 1. The molecule has 0 bridgehead atoms. The van der Waals surface area contributed by atoms with Gasteiger partial charge in [-0.05, 0) is 41.3 Å². The van der Waals surface area contributed by atoms with Gasteiger partial charge in [0, 0.05) is 13.0 Å². The molecule has 4 heteroatoms. The molecule has 3 aromatic carbocycles. The van der Waals surface area contributed by atoms with Crippen LogP contribution in [0.15, 0.2) is 66.7 Å². The summed E-state index contributed by atoms with van der Waals surface area (Å²) in [5.74, 6) is 1.06. The van der Waals surface area contributed by atoms with E-state index in [1.165, 1.54) is 5.56 Å². The van der Waals surface area contributed by atoms with E-state index in [2.05, 4.69) is 47.9 Å². The second-order valence-corrected chi connectivity index (χ2v) is 6.93. The molecule has 0 aliphatic rings. The summed E-state index contributed by atoms with van der Waals surface area (Å²) in [7, 11) is 0. The Balaban J connectivity index is 1.70. The fourth-order valence-electron chi connectivity index (χ4n) is 3.61. The van der Waals surface area contributed by atoms with Gasteiger partial charge in [0.2, 0.25) is 0 Å². The monoisotopic (exact) mass is 366 g/mol. The standard InChI is InChI=1S/C24H22N4/c1-2-6-23-27-24-21(26)9-5-10-22(24)28(23)16-17-11-13-18(14-12-17)20-8-4-3-7-19(20)15-25/h3-5,7-14H,2,6,16,26H2,1H3. The molecule has 0 atom stereocenters. The highest BCUT2D eigenvalue weighted by Crippen LogP contribution is 2.26. The molecule has 2 N–H and O–H groups in total. The van der Waals surface area contributed by atoms with Crippen molar-refractivity contribution in [3.8, 4) is 17.2 Å². The number of benzene rings is 3. The normalized spacial score (nSPS) is 10.9. The molecule has 0 amide bonds. The van der Waals surface area contributed by atoms with Crippen LogP contribution in [0.3, 0.4) is 0 Å². The van der Waals surface area contributed by atoms with Crippen molar-refractivity contribution < 1.29 is 0 Å². The molecule has 0 unspecified atom stereocenters. The number of aromatic nitrogens is 2. The Bertz CT molecular complexity index is 1160. The van der Waals surface area contributed by atoms with Crippen molar-refractivity contribution in [2.24, 2.45) is 0 Å². The van der Waals surface area contributed by atoms with Crippen LogP contribution in [0.5, 0.6) is 0 Å². The van der Waals surface area contributed by atoms with Gasteiger partial charge in [-0.2, -0.15) is 5.26 Å². The lowest BCUT2D eigenvalue weighted by Crippen LogP contribution is -2.05. The second kappa shape index (κ2) is 7.58. The van der Waals surface area contributed by atoms with E-state index in [0.717, 1.165) is 53.1 Å². The van der Waals surface area contributed by atoms with Gasteiger partial charge in [-0.1, -0.05) is 55.5 Å². The van der Waals surface area contributed by atoms with E-state index in [4.69, 9.17) is 10.7 Å². The van der Waals surface area contributed by atoms with E-state index < -0.39 is 0 Å². The molecule has 0 aliphatic heterocycles. The van der Waals surface area contributed by atoms with Gasteiger partial charge in [-0.3, -0.25) is 0 Å². The molecule has 0 saturated heterocycles. The average molecular weight is 366 g/mol. The minimum absolute atomic E-state index is 0.691. The lowest BCUT2D eigenvalue weighted by Gasteiger charge is -2.10. The predicted molar refractivity (Wildman–Crippen MR) is 114 cm³/mol. The largest absolute Gasteiger partial charge is 0.397 e. The minimum atomic E-state index is 0.691. The lowest BCUT2D eigenvalue weighted by molar-refractivity contribution is 0.722. The first-order valence-corrected chi connectivity index (χ1v) is 9.53. The Morgan fingerprint density at radius 3 is 2.54 bits per heavy atom. The van der Waals surface area contributed by atoms with Crippen LogP contribution >= 0.6 is 0 Å². The number of para-hydroxylation sites is 1. The van der Waals surface area contributed by atoms with E-state index in [9.17, 15) is 5.26 Å². The first kappa shape index (κ1) is 17.8. The highest BCUT2D eigenvalue weighted by Gasteiger charge is 2.12. The summed E-state index contributed by atoms with van der Waals surface area (Å²) in [6.07, 6.45) is 1.95. The van der Waals surface area contributed by atoms with E-state index in [0.29, 0.717) is 5.56 Å². The molecule has 1 aromatic heterocycles. The van der Waals surface area contributed by atoms with Crippen molar-refractivity contribution in [2.45, 2.75) is 26.3 Å². The zero-order chi connectivity index (χ0) is 19.5. The third-order valence-corrected chi connectivity index (χ3v) is 5.02. The predicted octanol–water partition coefficient (Wildman–Crippen LogP) is 5.16. The lowest BCUT2D eigenvalue weighted by atomic mass is 9.99. The van der Waals surface area contributed by atoms with Gasteiger partial charge >= 0.3 is 0 Å². The van der Waals surface area contributed by atoms with E-state index >= 15 is 0 Å². The molecule has 1 heterocycles. The van der Waals surface area contributed by atoms with Crippen LogP contribution in [0.2, 0.25) is 0 Å². The van der Waals surface area contributed by atoms with Crippen molar-refractivity contribution in [2.75, 3.05) is 5.73 Å². The molecule has 0 radical (unpaired) electrons. The number of imidazole rings is 1. The zero-order valence-electron chi connectivity index (χ0n) is 15.9. The maximum Gasteiger partial charge on any atom is 0.112 e. The summed E-state index contributed by atoms with van der Waals surface area (Å²) < 4.78 is 2.26. The molecule has 4 aromatic rings. The number of hydrogen-bond donors (Lipinski definition) is 1. The third kappa shape index (κ3) is 3.23. The van der Waals surface area contributed by atoms with Gasteiger partial charge in [0.05, 0.1) is 22.8 Å². The highest BCUT2D eigenvalue weighted by atomic mass is 15.1. The molecular weight excluding hydrogens is 344 g/mol. The van der Waals surface area contributed by atoms with E-state index in [-0.39, 0.29) is 0 Å². The van der Waals surface area contributed by atoms with Crippen LogP contribution in [0, 0.1) is 11.3 Å². The molecule has 138 valence electrons. The Kier molecular flexibility index (Phi) is 4.82. The fraction of sp³-hybridized carbons (Fsp3) is 0.167. The fourth-order valence-corrected chi connectivity index (χ4v) is 3.61. The number of fused-ring (bicyclic) bond motifs is 1. The molecule has 4 nitrogen and oxygen atoms in total. The molecule has 0 spiro atoms. The third-order valence-electron chi connectivity index (χ3n) is 5.02. The maximum absolute atomic E-state index is 9.34. The SMILES string of the molecule is CCCc1nc2c(N)cccc2n1Cc1ccc(-c2ccccc2C#N)cc1. The van der Waals surface area contributed by atoms with Crippen LogP contribution in [0.1, 0.15) is 30.3 Å². The molecule has 0 fully saturated rings. The average Bonchev–Trinajstić information content (AvgIpc) is 3.07. The summed E-state index contributed by atoms with van der Waals surface area (Å²) in [6, 6.07) is 24.3. The van der Waals surface area contributed by atoms with Crippen molar-refractivity contribution in [1.82, 2.24) is 9.55 Å². The van der Waals surface area contributed by atoms with Gasteiger partial charge in [0.25, 0.3) is 0 Å². The number of anilines is 1. The van der Waals surface area contributed by atoms with Crippen molar-refractivity contribution >= 4 is 16.7 Å². The van der Waals surface area contributed by atoms with Crippen molar-refractivity contribution in [3.63, 3.8) is 0 Å². The van der Waals surface area contributed by atoms with Crippen LogP contribution < -0.4 is 5.73 Å². The Hall–Kier alpha value is -3.58. The molecule has 0 aliphatic carbocycles. The van der Waals surface area contributed by atoms with E-state index in [1.54, 1.807) is 0 Å². The number of rotatable bonds is 5. The van der Waals surface area contributed by atoms with E-state index in [1.807, 2.05) is 36.4 Å². The number of nitrogens with two attached hydrogens (primary N) is 1. The van der Waals surface area contributed by atoms with Crippen molar-refractivity contribution in [1.29, 1.82) is 5.26 Å². The minimum Gasteiger partial charge on any atom is -0.397 e.